The van der Waals surface area contributed by atoms with E-state index in [1.165, 1.54) is 0 Å². The Hall–Kier alpha value is -2.25. The molecule has 1 atom stereocenters. The highest BCUT2D eigenvalue weighted by Crippen LogP contribution is 2.27. The first-order chi connectivity index (χ1) is 9.70. The van der Waals surface area contributed by atoms with Crippen LogP contribution in [0.25, 0.3) is 11.0 Å². The molecule has 2 aromatic heterocycles. The Bertz CT molecular complexity index is 781. The van der Waals surface area contributed by atoms with Gasteiger partial charge in [-0.1, -0.05) is 6.07 Å². The third-order valence-corrected chi connectivity index (χ3v) is 3.37. The molecule has 4 nitrogen and oxygen atoms in total. The molecule has 5 heteroatoms. The first-order valence-corrected chi connectivity index (χ1v) is 6.70. The fraction of sp³-hybridized carbons (Fsp3) is 0.200. The number of fused-ring (bicyclic) bond motifs is 1. The normalized spacial score (nSPS) is 12.4. The molecule has 1 unspecified atom stereocenters. The van der Waals surface area contributed by atoms with Crippen LogP contribution in [-0.4, -0.2) is 9.55 Å². The smallest absolute Gasteiger partial charge is 0.128 e. The van der Waals surface area contributed by atoms with Crippen LogP contribution in [-0.2, 0) is 6.54 Å². The Labute approximate surface area is 121 Å². The highest BCUT2D eigenvalue weighted by Gasteiger charge is 2.17. The maximum Gasteiger partial charge on any atom is 0.128 e. The number of benzene rings is 1. The molecule has 0 aliphatic rings. The summed E-state index contributed by atoms with van der Waals surface area (Å²) in [6, 6.07) is 11.5. The minimum absolute atomic E-state index is 0.246. The summed E-state index contributed by atoms with van der Waals surface area (Å²) in [7, 11) is 0. The van der Waals surface area contributed by atoms with Crippen molar-refractivity contribution in [2.75, 3.05) is 0 Å². The van der Waals surface area contributed by atoms with Crippen molar-refractivity contribution in [3.05, 3.63) is 53.7 Å². The van der Waals surface area contributed by atoms with Gasteiger partial charge in [-0.3, -0.25) is 0 Å². The molecule has 0 aliphatic heterocycles. The molecule has 0 saturated carbocycles. The minimum Gasteiger partial charge on any atom is -0.467 e. The van der Waals surface area contributed by atoms with Crippen LogP contribution >= 0.6 is 11.6 Å². The maximum absolute atomic E-state index is 9.18. The van der Waals surface area contributed by atoms with Crippen molar-refractivity contribution in [3.8, 4) is 6.07 Å². The van der Waals surface area contributed by atoms with Crippen molar-refractivity contribution in [3.63, 3.8) is 0 Å². The third kappa shape index (κ3) is 2.06. The average Bonchev–Trinajstić information content (AvgIpc) is 3.07. The van der Waals surface area contributed by atoms with E-state index in [2.05, 4.69) is 11.1 Å². The molecular formula is C15H12ClN3O. The maximum atomic E-state index is 9.18. The molecule has 3 aromatic rings. The number of furan rings is 1. The molecule has 0 saturated heterocycles. The van der Waals surface area contributed by atoms with Crippen LogP contribution in [0.4, 0.5) is 0 Å². The predicted molar refractivity (Wildman–Crippen MR) is 76.5 cm³/mol. The summed E-state index contributed by atoms with van der Waals surface area (Å²) in [5.74, 6) is 1.56. The van der Waals surface area contributed by atoms with Crippen molar-refractivity contribution >= 4 is 22.6 Å². The zero-order chi connectivity index (χ0) is 14.1. The number of hydrogen-bond acceptors (Lipinski definition) is 3. The number of imidazole rings is 1. The van der Waals surface area contributed by atoms with Crippen molar-refractivity contribution in [1.29, 1.82) is 5.26 Å². The monoisotopic (exact) mass is 285 g/mol. The van der Waals surface area contributed by atoms with E-state index in [4.69, 9.17) is 16.0 Å². The van der Waals surface area contributed by atoms with Gasteiger partial charge in [0.05, 0.1) is 29.3 Å². The van der Waals surface area contributed by atoms with Crippen molar-refractivity contribution in [2.24, 2.45) is 0 Å². The minimum atomic E-state index is -0.246. The van der Waals surface area contributed by atoms with E-state index in [1.54, 1.807) is 12.3 Å². The van der Waals surface area contributed by atoms with Crippen LogP contribution in [0.1, 0.15) is 29.4 Å². The molecule has 0 aliphatic carbocycles. The summed E-state index contributed by atoms with van der Waals surface area (Å²) in [5.41, 5.74) is 2.13. The summed E-state index contributed by atoms with van der Waals surface area (Å²) >= 11 is 6.22. The van der Waals surface area contributed by atoms with Crippen molar-refractivity contribution in [1.82, 2.24) is 9.55 Å². The Morgan fingerprint density at radius 1 is 1.40 bits per heavy atom. The fourth-order valence-corrected chi connectivity index (χ4v) is 2.45. The van der Waals surface area contributed by atoms with Gasteiger partial charge in [-0.05, 0) is 31.2 Å². The zero-order valence-corrected chi connectivity index (χ0v) is 11.6. The Kier molecular flexibility index (Phi) is 3.21. The molecule has 0 fully saturated rings. The number of aromatic nitrogens is 2. The van der Waals surface area contributed by atoms with Crippen LogP contribution in [0.3, 0.4) is 0 Å². The van der Waals surface area contributed by atoms with E-state index in [0.717, 1.165) is 17.1 Å². The van der Waals surface area contributed by atoms with Gasteiger partial charge in [-0.2, -0.15) is 5.26 Å². The van der Waals surface area contributed by atoms with Crippen LogP contribution in [0.15, 0.2) is 41.0 Å². The van der Waals surface area contributed by atoms with Crippen LogP contribution < -0.4 is 0 Å². The van der Waals surface area contributed by atoms with E-state index in [-0.39, 0.29) is 5.38 Å². The SMILES string of the molecule is CC(Cl)c1nc2c(C#N)cccc2n1Cc1ccco1. The lowest BCUT2D eigenvalue weighted by molar-refractivity contribution is 0.492. The third-order valence-electron chi connectivity index (χ3n) is 3.18. The Morgan fingerprint density at radius 3 is 2.90 bits per heavy atom. The van der Waals surface area contributed by atoms with Gasteiger partial charge in [0, 0.05) is 0 Å². The quantitative estimate of drug-likeness (QED) is 0.687. The van der Waals surface area contributed by atoms with Gasteiger partial charge >= 0.3 is 0 Å². The highest BCUT2D eigenvalue weighted by molar-refractivity contribution is 6.20. The van der Waals surface area contributed by atoms with Gasteiger partial charge in [-0.15, -0.1) is 11.6 Å². The summed E-state index contributed by atoms with van der Waals surface area (Å²) in [4.78, 5) is 4.53. The molecule has 0 radical (unpaired) electrons. The lowest BCUT2D eigenvalue weighted by Crippen LogP contribution is -2.05. The topological polar surface area (TPSA) is 54.8 Å². The first-order valence-electron chi connectivity index (χ1n) is 6.26. The second kappa shape index (κ2) is 5.03. The highest BCUT2D eigenvalue weighted by atomic mass is 35.5. The Balaban J connectivity index is 2.22. The molecule has 100 valence electrons. The molecule has 2 heterocycles. The molecule has 0 amide bonds. The largest absolute Gasteiger partial charge is 0.467 e. The molecule has 0 N–H and O–H groups in total. The van der Waals surface area contributed by atoms with E-state index in [1.807, 2.05) is 35.8 Å². The Morgan fingerprint density at radius 2 is 2.25 bits per heavy atom. The lowest BCUT2D eigenvalue weighted by Gasteiger charge is -2.08. The number of hydrogen-bond donors (Lipinski definition) is 0. The van der Waals surface area contributed by atoms with Crippen molar-refractivity contribution in [2.45, 2.75) is 18.8 Å². The summed E-state index contributed by atoms with van der Waals surface area (Å²) < 4.78 is 7.38. The van der Waals surface area contributed by atoms with Gasteiger partial charge in [0.25, 0.3) is 0 Å². The summed E-state index contributed by atoms with van der Waals surface area (Å²) in [6.07, 6.45) is 1.64. The van der Waals surface area contributed by atoms with Gasteiger partial charge in [0.15, 0.2) is 0 Å². The zero-order valence-electron chi connectivity index (χ0n) is 10.9. The second-order valence-electron chi connectivity index (χ2n) is 4.54. The summed E-state index contributed by atoms with van der Waals surface area (Å²) in [5, 5.41) is 8.93. The van der Waals surface area contributed by atoms with E-state index in [0.29, 0.717) is 17.6 Å². The number of para-hydroxylation sites is 1. The van der Waals surface area contributed by atoms with Crippen molar-refractivity contribution < 1.29 is 4.42 Å². The standard InChI is InChI=1S/C15H12ClN3O/c1-10(16)15-18-14-11(8-17)4-2-6-13(14)19(15)9-12-5-3-7-20-12/h2-7,10H,9H2,1H3. The van der Waals surface area contributed by atoms with Gasteiger partial charge in [0.2, 0.25) is 0 Å². The molecule has 0 spiro atoms. The van der Waals surface area contributed by atoms with Crippen LogP contribution in [0, 0.1) is 11.3 Å². The average molecular weight is 286 g/mol. The van der Waals surface area contributed by atoms with E-state index < -0.39 is 0 Å². The molecule has 20 heavy (non-hydrogen) atoms. The number of halogens is 1. The molecule has 0 bridgehead atoms. The molecule has 1 aromatic carbocycles. The number of nitrogens with zero attached hydrogens (tertiary/aromatic N) is 3. The fourth-order valence-electron chi connectivity index (χ4n) is 2.28. The van der Waals surface area contributed by atoms with Gasteiger partial charge in [-0.25, -0.2) is 4.98 Å². The first kappa shape index (κ1) is 12.8. The van der Waals surface area contributed by atoms with Crippen LogP contribution in [0.5, 0.6) is 0 Å². The van der Waals surface area contributed by atoms with Gasteiger partial charge in [0.1, 0.15) is 23.2 Å². The molecular weight excluding hydrogens is 274 g/mol. The van der Waals surface area contributed by atoms with E-state index in [9.17, 15) is 5.26 Å². The van der Waals surface area contributed by atoms with Crippen LogP contribution in [0.2, 0.25) is 0 Å². The van der Waals surface area contributed by atoms with Gasteiger partial charge < -0.3 is 8.98 Å². The number of nitriles is 1. The lowest BCUT2D eigenvalue weighted by atomic mass is 10.2. The van der Waals surface area contributed by atoms with E-state index >= 15 is 0 Å². The summed E-state index contributed by atoms with van der Waals surface area (Å²) in [6.45, 7) is 2.41. The second-order valence-corrected chi connectivity index (χ2v) is 5.19. The number of rotatable bonds is 3. The number of alkyl halides is 1. The molecule has 3 rings (SSSR count). The predicted octanol–water partition coefficient (Wildman–Crippen LogP) is 3.85.